The van der Waals surface area contributed by atoms with Crippen LogP contribution in [0.2, 0.25) is 0 Å². The van der Waals surface area contributed by atoms with Crippen molar-refractivity contribution in [3.05, 3.63) is 64.2 Å². The van der Waals surface area contributed by atoms with E-state index in [2.05, 4.69) is 0 Å². The van der Waals surface area contributed by atoms with Crippen LogP contribution in [0.1, 0.15) is 23.7 Å². The summed E-state index contributed by atoms with van der Waals surface area (Å²) in [5, 5.41) is 10.9. The largest absolute Gasteiger partial charge is 0.379 e. The summed E-state index contributed by atoms with van der Waals surface area (Å²) < 4.78 is 29.8. The molecule has 2 amide bonds. The fourth-order valence-corrected chi connectivity index (χ4v) is 4.12. The third kappa shape index (κ3) is 5.18. The van der Waals surface area contributed by atoms with Crippen molar-refractivity contribution >= 4 is 27.6 Å². The smallest absolute Gasteiger partial charge is 0.339 e. The molecular formula is C20H21N3O7S. The molecule has 0 atom stereocenters. The molecule has 1 heterocycles. The van der Waals surface area contributed by atoms with E-state index in [4.69, 9.17) is 4.18 Å². The lowest BCUT2D eigenvalue weighted by Gasteiger charge is -2.34. The maximum absolute atomic E-state index is 12.7. The van der Waals surface area contributed by atoms with Crippen molar-refractivity contribution in [3.8, 4) is 5.75 Å². The standard InChI is InChI=1S/C20H21N3O7S/c1-2-19(24)21-10-12-22(13-11-21)20(25)15-6-8-17(9-7-15)30-31(28,29)18-5-3-4-16(14-18)23(26)27/h3-9,14H,2,10-13H2,1H3. The van der Waals surface area contributed by atoms with Crippen molar-refractivity contribution in [1.29, 1.82) is 0 Å². The van der Waals surface area contributed by atoms with Crippen LogP contribution in [-0.4, -0.2) is 61.1 Å². The van der Waals surface area contributed by atoms with Crippen molar-refractivity contribution in [3.63, 3.8) is 0 Å². The fourth-order valence-electron chi connectivity index (χ4n) is 3.15. The molecule has 0 spiro atoms. The second-order valence-corrected chi connectivity index (χ2v) is 8.39. The first-order chi connectivity index (χ1) is 14.7. The minimum Gasteiger partial charge on any atom is -0.379 e. The highest BCUT2D eigenvalue weighted by Crippen LogP contribution is 2.23. The number of piperazine rings is 1. The van der Waals surface area contributed by atoms with Crippen LogP contribution in [0.3, 0.4) is 0 Å². The lowest BCUT2D eigenvalue weighted by Crippen LogP contribution is -2.50. The second kappa shape index (κ2) is 9.13. The summed E-state index contributed by atoms with van der Waals surface area (Å²) >= 11 is 0. The molecule has 0 N–H and O–H groups in total. The Bertz CT molecular complexity index is 1090. The molecule has 2 aromatic carbocycles. The van der Waals surface area contributed by atoms with Gasteiger partial charge in [0.1, 0.15) is 10.6 Å². The predicted octanol–water partition coefficient (Wildman–Crippen LogP) is 2.06. The van der Waals surface area contributed by atoms with E-state index < -0.39 is 15.0 Å². The Morgan fingerprint density at radius 3 is 2.23 bits per heavy atom. The maximum Gasteiger partial charge on any atom is 0.339 e. The summed E-state index contributed by atoms with van der Waals surface area (Å²) in [6, 6.07) is 10.1. The van der Waals surface area contributed by atoms with Crippen LogP contribution in [0.4, 0.5) is 5.69 Å². The number of nitro benzene ring substituents is 1. The van der Waals surface area contributed by atoms with E-state index in [0.717, 1.165) is 6.07 Å². The third-order valence-corrected chi connectivity index (χ3v) is 6.09. The van der Waals surface area contributed by atoms with Gasteiger partial charge in [0.2, 0.25) is 5.91 Å². The van der Waals surface area contributed by atoms with Gasteiger partial charge in [-0.15, -0.1) is 0 Å². The maximum atomic E-state index is 12.7. The Balaban J connectivity index is 1.66. The van der Waals surface area contributed by atoms with E-state index in [-0.39, 0.29) is 28.1 Å². The molecule has 0 radical (unpaired) electrons. The summed E-state index contributed by atoms with van der Waals surface area (Å²) in [7, 11) is -4.28. The molecule has 2 aromatic rings. The Kier molecular flexibility index (Phi) is 6.54. The Labute approximate surface area is 179 Å². The SMILES string of the molecule is CCC(=O)N1CCN(C(=O)c2ccc(OS(=O)(=O)c3cccc([N+](=O)[O-])c3)cc2)CC1. The summed E-state index contributed by atoms with van der Waals surface area (Å²) in [5.41, 5.74) is -0.0123. The van der Waals surface area contributed by atoms with Gasteiger partial charge in [-0.05, 0) is 30.3 Å². The number of nitro groups is 1. The highest BCUT2D eigenvalue weighted by Gasteiger charge is 2.24. The molecule has 1 saturated heterocycles. The molecule has 31 heavy (non-hydrogen) atoms. The number of benzene rings is 2. The predicted molar refractivity (Wildman–Crippen MR) is 110 cm³/mol. The average molecular weight is 447 g/mol. The summed E-state index contributed by atoms with van der Waals surface area (Å²) in [6.45, 7) is 3.58. The molecule has 1 aliphatic rings. The van der Waals surface area contributed by atoms with Crippen molar-refractivity contribution in [2.45, 2.75) is 18.2 Å². The molecule has 3 rings (SSSR count). The van der Waals surface area contributed by atoms with E-state index in [0.29, 0.717) is 38.2 Å². The zero-order chi connectivity index (χ0) is 22.6. The minimum absolute atomic E-state index is 0.0265. The quantitative estimate of drug-likeness (QED) is 0.377. The number of carbonyl (C=O) groups is 2. The van der Waals surface area contributed by atoms with Gasteiger partial charge in [0, 0.05) is 50.3 Å². The molecule has 0 aliphatic carbocycles. The minimum atomic E-state index is -4.28. The molecule has 11 heteroatoms. The zero-order valence-electron chi connectivity index (χ0n) is 16.8. The number of hydrogen-bond acceptors (Lipinski definition) is 7. The van der Waals surface area contributed by atoms with E-state index in [1.807, 2.05) is 0 Å². The van der Waals surface area contributed by atoms with E-state index in [1.54, 1.807) is 16.7 Å². The van der Waals surface area contributed by atoms with Crippen LogP contribution in [0.25, 0.3) is 0 Å². The lowest BCUT2D eigenvalue weighted by molar-refractivity contribution is -0.385. The van der Waals surface area contributed by atoms with Gasteiger partial charge in [0.25, 0.3) is 11.6 Å². The molecule has 0 saturated carbocycles. The van der Waals surface area contributed by atoms with Crippen LogP contribution < -0.4 is 4.18 Å². The Hall–Kier alpha value is -3.47. The third-order valence-electron chi connectivity index (χ3n) is 4.85. The van der Waals surface area contributed by atoms with Gasteiger partial charge >= 0.3 is 10.1 Å². The monoisotopic (exact) mass is 447 g/mol. The van der Waals surface area contributed by atoms with Crippen LogP contribution >= 0.6 is 0 Å². The number of amides is 2. The molecule has 10 nitrogen and oxygen atoms in total. The van der Waals surface area contributed by atoms with Gasteiger partial charge < -0.3 is 14.0 Å². The second-order valence-electron chi connectivity index (χ2n) is 6.84. The Morgan fingerprint density at radius 2 is 1.65 bits per heavy atom. The molecule has 1 aliphatic heterocycles. The average Bonchev–Trinajstić information content (AvgIpc) is 2.78. The molecule has 1 fully saturated rings. The topological polar surface area (TPSA) is 127 Å². The number of carbonyl (C=O) groups excluding carboxylic acids is 2. The highest BCUT2D eigenvalue weighted by atomic mass is 32.2. The number of hydrogen-bond donors (Lipinski definition) is 0. The van der Waals surface area contributed by atoms with Crippen molar-refractivity contribution < 1.29 is 27.1 Å². The molecule has 0 bridgehead atoms. The van der Waals surface area contributed by atoms with E-state index in [9.17, 15) is 28.1 Å². The molecule has 0 unspecified atom stereocenters. The lowest BCUT2D eigenvalue weighted by atomic mass is 10.1. The van der Waals surface area contributed by atoms with Gasteiger partial charge in [-0.3, -0.25) is 19.7 Å². The summed E-state index contributed by atoms with van der Waals surface area (Å²) in [5.74, 6) is -0.198. The number of rotatable bonds is 6. The van der Waals surface area contributed by atoms with E-state index in [1.165, 1.54) is 42.5 Å². The van der Waals surface area contributed by atoms with Crippen LogP contribution in [0.5, 0.6) is 5.75 Å². The number of nitrogens with zero attached hydrogens (tertiary/aromatic N) is 3. The van der Waals surface area contributed by atoms with Crippen LogP contribution in [-0.2, 0) is 14.9 Å². The number of non-ortho nitro benzene ring substituents is 1. The van der Waals surface area contributed by atoms with E-state index >= 15 is 0 Å². The Morgan fingerprint density at radius 1 is 1.03 bits per heavy atom. The van der Waals surface area contributed by atoms with Crippen molar-refractivity contribution in [1.82, 2.24) is 9.80 Å². The first-order valence-electron chi connectivity index (χ1n) is 9.57. The summed E-state index contributed by atoms with van der Waals surface area (Å²) in [4.78, 5) is 37.6. The van der Waals surface area contributed by atoms with Crippen molar-refractivity contribution in [2.75, 3.05) is 26.2 Å². The molecular weight excluding hydrogens is 426 g/mol. The van der Waals surface area contributed by atoms with Crippen molar-refractivity contribution in [2.24, 2.45) is 0 Å². The van der Waals surface area contributed by atoms with Gasteiger partial charge in [0.15, 0.2) is 0 Å². The van der Waals surface area contributed by atoms with Gasteiger partial charge in [-0.2, -0.15) is 8.42 Å². The fraction of sp³-hybridized carbons (Fsp3) is 0.300. The van der Waals surface area contributed by atoms with Crippen LogP contribution in [0.15, 0.2) is 53.4 Å². The summed E-state index contributed by atoms with van der Waals surface area (Å²) in [6.07, 6.45) is 0.425. The van der Waals surface area contributed by atoms with Gasteiger partial charge in [0.05, 0.1) is 4.92 Å². The first-order valence-corrected chi connectivity index (χ1v) is 11.0. The highest BCUT2D eigenvalue weighted by molar-refractivity contribution is 7.87. The van der Waals surface area contributed by atoms with Gasteiger partial charge in [-0.1, -0.05) is 13.0 Å². The van der Waals surface area contributed by atoms with Gasteiger partial charge in [-0.25, -0.2) is 0 Å². The molecule has 164 valence electrons. The molecule has 0 aromatic heterocycles. The normalized spacial score (nSPS) is 14.2. The zero-order valence-corrected chi connectivity index (χ0v) is 17.6. The van der Waals surface area contributed by atoms with Crippen LogP contribution in [0, 0.1) is 10.1 Å². The first kappa shape index (κ1) is 22.2.